The third-order valence-corrected chi connectivity index (χ3v) is 10.6. The van der Waals surface area contributed by atoms with Crippen LogP contribution in [0.3, 0.4) is 0 Å². The van der Waals surface area contributed by atoms with Gasteiger partial charge in [-0.25, -0.2) is 22.3 Å². The zero-order chi connectivity index (χ0) is 28.2. The van der Waals surface area contributed by atoms with Crippen LogP contribution in [-0.4, -0.2) is 62.6 Å². The fourth-order valence-corrected chi connectivity index (χ4v) is 7.97. The van der Waals surface area contributed by atoms with Crippen molar-refractivity contribution in [3.05, 3.63) is 68.5 Å². The van der Waals surface area contributed by atoms with E-state index in [9.17, 15) is 23.1 Å². The molecule has 1 aliphatic heterocycles. The summed E-state index contributed by atoms with van der Waals surface area (Å²) in [6.07, 6.45) is 1.26. The predicted octanol–water partition coefficient (Wildman–Crippen LogP) is 5.49. The van der Waals surface area contributed by atoms with Gasteiger partial charge in [-0.2, -0.15) is 0 Å². The second kappa shape index (κ2) is 12.7. The van der Waals surface area contributed by atoms with Crippen LogP contribution >= 0.6 is 38.9 Å². The van der Waals surface area contributed by atoms with E-state index in [1.54, 1.807) is 24.3 Å². The van der Waals surface area contributed by atoms with E-state index in [0.29, 0.717) is 45.9 Å². The molecule has 2 N–H and O–H groups in total. The average molecular weight is 658 g/mol. The molecule has 13 heteroatoms. The van der Waals surface area contributed by atoms with Crippen molar-refractivity contribution in [2.45, 2.75) is 24.6 Å². The molecule has 0 spiro atoms. The number of nitrogens with zero attached hydrogens (tertiary/aromatic N) is 1. The average Bonchev–Trinajstić information content (AvgIpc) is 3.25. The molecule has 0 saturated carbocycles. The Morgan fingerprint density at radius 2 is 1.90 bits per heavy atom. The van der Waals surface area contributed by atoms with Crippen molar-refractivity contribution in [2.24, 2.45) is 0 Å². The number of nitrogens with one attached hydrogen (secondary N) is 1. The molecule has 0 aliphatic carbocycles. The van der Waals surface area contributed by atoms with E-state index in [-0.39, 0.29) is 22.4 Å². The van der Waals surface area contributed by atoms with Crippen LogP contribution < -0.4 is 10.1 Å². The van der Waals surface area contributed by atoms with E-state index in [0.717, 1.165) is 22.6 Å². The van der Waals surface area contributed by atoms with E-state index >= 15 is 0 Å². The number of carboxylic acid groups (broad SMARTS) is 1. The first-order valence-electron chi connectivity index (χ1n) is 11.9. The number of aromatic carboxylic acids is 1. The number of ether oxygens (including phenoxy) is 2. The summed E-state index contributed by atoms with van der Waals surface area (Å²) in [6, 6.07) is 14.5. The third-order valence-electron chi connectivity index (χ3n) is 6.20. The summed E-state index contributed by atoms with van der Waals surface area (Å²) < 4.78 is 37.9. The molecule has 2 heterocycles. The Kier molecular flexibility index (Phi) is 9.55. The molecule has 0 radical (unpaired) electrons. The molecular formula is C26H26BrClN2O7S2. The van der Waals surface area contributed by atoms with Gasteiger partial charge in [-0.15, -0.1) is 11.3 Å². The van der Waals surface area contributed by atoms with Crippen molar-refractivity contribution in [1.82, 2.24) is 4.31 Å². The van der Waals surface area contributed by atoms with Crippen LogP contribution in [0.5, 0.6) is 5.75 Å². The zero-order valence-electron chi connectivity index (χ0n) is 20.9. The lowest BCUT2D eigenvalue weighted by Gasteiger charge is -2.32. The normalized spacial score (nSPS) is 14.6. The Bertz CT molecular complexity index is 1470. The summed E-state index contributed by atoms with van der Waals surface area (Å²) in [5.41, 5.74) is 2.16. The van der Waals surface area contributed by atoms with Gasteiger partial charge in [0.1, 0.15) is 0 Å². The minimum atomic E-state index is -3.49. The van der Waals surface area contributed by atoms with Gasteiger partial charge < -0.3 is 19.9 Å². The van der Waals surface area contributed by atoms with Crippen molar-refractivity contribution >= 4 is 66.5 Å². The van der Waals surface area contributed by atoms with E-state index in [4.69, 9.17) is 16.3 Å². The number of hydrogen-bond acceptors (Lipinski definition) is 8. The molecule has 39 heavy (non-hydrogen) atoms. The Morgan fingerprint density at radius 1 is 1.18 bits per heavy atom. The molecule has 208 valence electrons. The van der Waals surface area contributed by atoms with Gasteiger partial charge in [0.05, 0.1) is 22.2 Å². The Balaban J connectivity index is 1.43. The van der Waals surface area contributed by atoms with Crippen LogP contribution in [0.15, 0.2) is 53.0 Å². The molecule has 0 atom stereocenters. The number of carboxylic acids is 1. The number of piperidine rings is 1. The number of methoxy groups -OCH3 is 1. The van der Waals surface area contributed by atoms with Gasteiger partial charge in [-0.05, 0) is 58.1 Å². The summed E-state index contributed by atoms with van der Waals surface area (Å²) in [5, 5.41) is 13.6. The maximum atomic E-state index is 13.0. The maximum absolute atomic E-state index is 13.0. The highest BCUT2D eigenvalue weighted by molar-refractivity contribution is 9.10. The van der Waals surface area contributed by atoms with E-state index < -0.39 is 28.6 Å². The summed E-state index contributed by atoms with van der Waals surface area (Å²) >= 11 is 10.6. The Hall–Kier alpha value is -2.64. The molecule has 0 bridgehead atoms. The summed E-state index contributed by atoms with van der Waals surface area (Å²) in [6.45, 7) is 0.368. The number of benzene rings is 2. The van der Waals surface area contributed by atoms with Crippen LogP contribution in [0.1, 0.15) is 28.1 Å². The number of thiophene rings is 1. The zero-order valence-corrected chi connectivity index (χ0v) is 24.8. The predicted molar refractivity (Wildman–Crippen MR) is 154 cm³/mol. The van der Waals surface area contributed by atoms with Crippen molar-refractivity contribution in [1.29, 1.82) is 0 Å². The number of esters is 1. The van der Waals surface area contributed by atoms with Crippen LogP contribution in [0.25, 0.3) is 10.4 Å². The molecular weight excluding hydrogens is 632 g/mol. The second-order valence-electron chi connectivity index (χ2n) is 8.82. The van der Waals surface area contributed by atoms with E-state index in [2.05, 4.69) is 26.0 Å². The highest BCUT2D eigenvalue weighted by Gasteiger charge is 2.29. The first kappa shape index (κ1) is 29.3. The topological polar surface area (TPSA) is 122 Å². The number of halogens is 2. The summed E-state index contributed by atoms with van der Waals surface area (Å²) in [7, 11) is -2.27. The number of carbonyl (C=O) groups excluding carboxylic acids is 1. The first-order chi connectivity index (χ1) is 18.6. The molecule has 1 saturated heterocycles. The standard InChI is InChI=1S/C26H26BrClN2O7S2/c1-36-21(31)14-37-23-22(27)24(38-25(23)26(32)33)16-6-4-7-19(13-16)29-18-9-11-30(12-10-18)39(34,35)15-17-5-2-3-8-20(17)28/h2-8,13,18,29H,9-12,14-15H2,1H3,(H,32,33). The van der Waals surface area contributed by atoms with Crippen LogP contribution in [0.4, 0.5) is 5.69 Å². The van der Waals surface area contributed by atoms with Crippen LogP contribution in [-0.2, 0) is 25.3 Å². The molecule has 4 rings (SSSR count). The molecule has 1 aliphatic rings. The maximum Gasteiger partial charge on any atom is 0.349 e. The van der Waals surface area contributed by atoms with Crippen molar-refractivity contribution < 1.29 is 32.6 Å². The smallest absolute Gasteiger partial charge is 0.349 e. The number of rotatable bonds is 10. The fourth-order valence-electron chi connectivity index (χ4n) is 4.21. The SMILES string of the molecule is COC(=O)COc1c(C(=O)O)sc(-c2cccc(NC3CCN(S(=O)(=O)Cc4ccccc4Cl)CC3)c2)c1Br. The van der Waals surface area contributed by atoms with Gasteiger partial charge >= 0.3 is 11.9 Å². The lowest BCUT2D eigenvalue weighted by molar-refractivity contribution is -0.142. The number of carbonyl (C=O) groups is 2. The van der Waals surface area contributed by atoms with Crippen molar-refractivity contribution in [2.75, 3.05) is 32.1 Å². The largest absolute Gasteiger partial charge is 0.479 e. The highest BCUT2D eigenvalue weighted by Crippen LogP contribution is 2.46. The van der Waals surface area contributed by atoms with Gasteiger partial charge in [-0.1, -0.05) is 41.9 Å². The molecule has 1 fully saturated rings. The second-order valence-corrected chi connectivity index (χ2v) is 13.0. The fraction of sp³-hybridized carbons (Fsp3) is 0.308. The van der Waals surface area contributed by atoms with Crippen LogP contribution in [0.2, 0.25) is 5.02 Å². The monoisotopic (exact) mass is 656 g/mol. The summed E-state index contributed by atoms with van der Waals surface area (Å²) in [4.78, 5) is 23.9. The lowest BCUT2D eigenvalue weighted by Crippen LogP contribution is -2.42. The minimum absolute atomic E-state index is 0.0375. The molecule has 3 aromatic rings. The van der Waals surface area contributed by atoms with Gasteiger partial charge in [0.2, 0.25) is 10.0 Å². The van der Waals surface area contributed by atoms with Crippen molar-refractivity contribution in [3.63, 3.8) is 0 Å². The molecule has 0 unspecified atom stereocenters. The quantitative estimate of drug-likeness (QED) is 0.275. The van der Waals surface area contributed by atoms with E-state index in [1.807, 2.05) is 24.3 Å². The van der Waals surface area contributed by atoms with Gasteiger partial charge in [-0.3, -0.25) is 0 Å². The first-order valence-corrected chi connectivity index (χ1v) is 15.5. The number of anilines is 1. The molecule has 9 nitrogen and oxygen atoms in total. The molecule has 2 aromatic carbocycles. The molecule has 0 amide bonds. The minimum Gasteiger partial charge on any atom is -0.479 e. The van der Waals surface area contributed by atoms with Gasteiger partial charge in [0.25, 0.3) is 0 Å². The summed E-state index contributed by atoms with van der Waals surface area (Å²) in [5.74, 6) is -1.86. The number of sulfonamides is 1. The van der Waals surface area contributed by atoms with Crippen molar-refractivity contribution in [3.8, 4) is 16.2 Å². The lowest BCUT2D eigenvalue weighted by atomic mass is 10.1. The van der Waals surface area contributed by atoms with Crippen LogP contribution in [0, 0.1) is 0 Å². The highest BCUT2D eigenvalue weighted by atomic mass is 79.9. The third kappa shape index (κ3) is 7.12. The Morgan fingerprint density at radius 3 is 2.56 bits per heavy atom. The Labute approximate surface area is 243 Å². The molecule has 1 aromatic heterocycles. The van der Waals surface area contributed by atoms with E-state index in [1.165, 1.54) is 11.4 Å². The number of hydrogen-bond donors (Lipinski definition) is 2. The van der Waals surface area contributed by atoms with Gasteiger partial charge in [0.15, 0.2) is 17.2 Å². The van der Waals surface area contributed by atoms with Gasteiger partial charge in [0, 0.05) is 29.8 Å².